The number of nitrogens with zero attached hydrogens (tertiary/aromatic N) is 3. The van der Waals surface area contributed by atoms with E-state index in [-0.39, 0.29) is 23.0 Å². The fourth-order valence-corrected chi connectivity index (χ4v) is 11.6. The summed E-state index contributed by atoms with van der Waals surface area (Å²) >= 11 is 0. The van der Waals surface area contributed by atoms with Gasteiger partial charge in [0.1, 0.15) is 0 Å². The van der Waals surface area contributed by atoms with Gasteiger partial charge >= 0.3 is 0 Å². The molecule has 0 atom stereocenters. The van der Waals surface area contributed by atoms with E-state index in [4.69, 9.17) is 0 Å². The molecule has 12 rings (SSSR count). The van der Waals surface area contributed by atoms with Gasteiger partial charge in [0, 0.05) is 55.9 Å². The third-order valence-corrected chi connectivity index (χ3v) is 15.2. The van der Waals surface area contributed by atoms with Crippen LogP contribution in [-0.4, -0.2) is 11.3 Å². The molecule has 3 heterocycles. The van der Waals surface area contributed by atoms with Gasteiger partial charge in [-0.1, -0.05) is 194 Å². The van der Waals surface area contributed by atoms with Gasteiger partial charge in [0.2, 0.25) is 6.71 Å². The van der Waals surface area contributed by atoms with Gasteiger partial charge in [-0.15, -0.1) is 0 Å². The second kappa shape index (κ2) is 15.8. The van der Waals surface area contributed by atoms with Crippen molar-refractivity contribution in [2.45, 2.75) is 71.6 Å². The van der Waals surface area contributed by atoms with E-state index in [1.165, 1.54) is 88.6 Å². The van der Waals surface area contributed by atoms with Gasteiger partial charge in [-0.2, -0.15) is 0 Å². The molecule has 3 nitrogen and oxygen atoms in total. The summed E-state index contributed by atoms with van der Waals surface area (Å²) in [6.45, 7) is 18.6. The molecule has 0 radical (unpaired) electrons. The lowest BCUT2D eigenvalue weighted by molar-refractivity contribution is 0.590. The Bertz CT molecular complexity index is 3590. The summed E-state index contributed by atoms with van der Waals surface area (Å²) in [6, 6.07) is 77.5. The molecule has 0 amide bonds. The Labute approximate surface area is 408 Å². The molecule has 0 N–H and O–H groups in total. The van der Waals surface area contributed by atoms with Crippen molar-refractivity contribution in [3.63, 3.8) is 0 Å². The fraction of sp³-hybridized carbons (Fsp3) is 0.169. The Morgan fingerprint density at radius 2 is 1.07 bits per heavy atom. The molecule has 0 fully saturated rings. The summed E-state index contributed by atoms with van der Waals surface area (Å²) in [5, 5.41) is 2.53. The smallest absolute Gasteiger partial charge is 0.247 e. The van der Waals surface area contributed by atoms with Crippen molar-refractivity contribution in [2.24, 2.45) is 0 Å². The number of fused-ring (bicyclic) bond motifs is 7. The van der Waals surface area contributed by atoms with Gasteiger partial charge in [-0.3, -0.25) is 0 Å². The molecule has 9 aromatic carbocycles. The van der Waals surface area contributed by atoms with Gasteiger partial charge < -0.3 is 14.4 Å². The topological polar surface area (TPSA) is 11.4 Å². The maximum atomic E-state index is 2.56. The van der Waals surface area contributed by atoms with E-state index in [0.717, 1.165) is 22.7 Å². The van der Waals surface area contributed by atoms with E-state index in [9.17, 15) is 0 Å². The van der Waals surface area contributed by atoms with Crippen LogP contribution in [0.5, 0.6) is 0 Å². The predicted octanol–water partition coefficient (Wildman–Crippen LogP) is 15.5. The van der Waals surface area contributed by atoms with E-state index >= 15 is 0 Å². The van der Waals surface area contributed by atoms with Crippen LogP contribution in [0.25, 0.3) is 38.6 Å². The highest BCUT2D eigenvalue weighted by molar-refractivity contribution is 6.99. The Morgan fingerprint density at radius 3 is 1.78 bits per heavy atom. The minimum absolute atomic E-state index is 0.00716. The van der Waals surface area contributed by atoms with E-state index in [2.05, 4.69) is 276 Å². The van der Waals surface area contributed by atoms with Crippen molar-refractivity contribution in [3.05, 3.63) is 229 Å². The summed E-state index contributed by atoms with van der Waals surface area (Å²) in [4.78, 5) is 5.04. The van der Waals surface area contributed by atoms with Crippen LogP contribution < -0.4 is 26.2 Å². The van der Waals surface area contributed by atoms with Gasteiger partial charge in [0.15, 0.2) is 0 Å². The normalized spacial score (nSPS) is 13.9. The Balaban J connectivity index is 1.12. The molecule has 2 aliphatic heterocycles. The number of rotatable bonds is 6. The maximum Gasteiger partial charge on any atom is 0.247 e. The molecular formula is C65H58BN3. The first-order valence-corrected chi connectivity index (χ1v) is 24.6. The first kappa shape index (κ1) is 42.8. The van der Waals surface area contributed by atoms with Crippen LogP contribution >= 0.6 is 0 Å². The van der Waals surface area contributed by atoms with Crippen LogP contribution in [0.1, 0.15) is 77.6 Å². The highest BCUT2D eigenvalue weighted by atomic mass is 15.2. The van der Waals surface area contributed by atoms with E-state index in [0.29, 0.717) is 0 Å². The van der Waals surface area contributed by atoms with Crippen LogP contribution in [0.4, 0.5) is 34.1 Å². The molecular weight excluding hydrogens is 834 g/mol. The van der Waals surface area contributed by atoms with E-state index < -0.39 is 0 Å². The first-order valence-electron chi connectivity index (χ1n) is 24.6. The number of para-hydroxylation sites is 3. The van der Waals surface area contributed by atoms with Crippen molar-refractivity contribution >= 4 is 79.0 Å². The zero-order valence-corrected chi connectivity index (χ0v) is 41.0. The lowest BCUT2D eigenvalue weighted by Crippen LogP contribution is -2.64. The standard InChI is InChI=1S/C65H58BN3/c1-63(2,3)44-30-34-47(35-31-44)67(57-27-17-15-24-50(57)43-20-11-9-12-21-43)49-38-39-55-54(40-49)65(7,8)53-26-19-29-59-62(53)66(55)56-41-52-51-25-16-18-28-58(51)68(46-22-13-10-14-23-46)60(52)42-61(56)69(59)48-36-32-45(33-37-48)64(4,5)6/h9-42H,1-8H3. The summed E-state index contributed by atoms with van der Waals surface area (Å²) < 4.78 is 2.46. The van der Waals surface area contributed by atoms with Gasteiger partial charge in [0.25, 0.3) is 0 Å². The van der Waals surface area contributed by atoms with Gasteiger partial charge in [-0.25, -0.2) is 0 Å². The maximum absolute atomic E-state index is 2.56. The summed E-state index contributed by atoms with van der Waals surface area (Å²) in [6.07, 6.45) is 0. The Morgan fingerprint density at radius 1 is 0.449 bits per heavy atom. The molecule has 336 valence electrons. The molecule has 0 saturated carbocycles. The monoisotopic (exact) mass is 891 g/mol. The van der Waals surface area contributed by atoms with Crippen molar-refractivity contribution < 1.29 is 0 Å². The average molecular weight is 892 g/mol. The van der Waals surface area contributed by atoms with Crippen molar-refractivity contribution in [1.82, 2.24) is 4.57 Å². The molecule has 69 heavy (non-hydrogen) atoms. The fourth-order valence-electron chi connectivity index (χ4n) is 11.6. The van der Waals surface area contributed by atoms with Crippen LogP contribution in [0.15, 0.2) is 206 Å². The lowest BCUT2D eigenvalue weighted by atomic mass is 9.30. The molecule has 1 aromatic heterocycles. The predicted molar refractivity (Wildman–Crippen MR) is 296 cm³/mol. The molecule has 4 heteroatoms. The number of hydrogen-bond acceptors (Lipinski definition) is 2. The third-order valence-electron chi connectivity index (χ3n) is 15.2. The molecule has 0 aliphatic carbocycles. The highest BCUT2D eigenvalue weighted by Crippen LogP contribution is 2.47. The lowest BCUT2D eigenvalue weighted by Gasteiger charge is -2.45. The van der Waals surface area contributed by atoms with Gasteiger partial charge in [-0.05, 0) is 122 Å². The summed E-state index contributed by atoms with van der Waals surface area (Å²) in [7, 11) is 0. The molecule has 2 aliphatic rings. The molecule has 0 spiro atoms. The zero-order valence-electron chi connectivity index (χ0n) is 41.0. The summed E-state index contributed by atoms with van der Waals surface area (Å²) in [5.41, 5.74) is 22.2. The number of hydrogen-bond donors (Lipinski definition) is 0. The van der Waals surface area contributed by atoms with Crippen LogP contribution in [0.3, 0.4) is 0 Å². The number of aromatic nitrogens is 1. The van der Waals surface area contributed by atoms with Crippen LogP contribution in [-0.2, 0) is 16.2 Å². The zero-order chi connectivity index (χ0) is 47.4. The number of anilines is 6. The van der Waals surface area contributed by atoms with Crippen LogP contribution in [0.2, 0.25) is 0 Å². The van der Waals surface area contributed by atoms with Gasteiger partial charge in [0.05, 0.1) is 16.7 Å². The second-order valence-electron chi connectivity index (χ2n) is 21.8. The quantitative estimate of drug-likeness (QED) is 0.154. The SMILES string of the molecule is CC(C)(C)c1ccc(N(c2ccc3c(c2)C(C)(C)c2cccc4c2B3c2cc3c5ccccc5n(-c5ccccc5)c3cc2N4c2ccc(C(C)(C)C)cc2)c2ccccc2-c2ccccc2)cc1. The average Bonchev–Trinajstić information content (AvgIpc) is 3.68. The molecule has 10 aromatic rings. The van der Waals surface area contributed by atoms with Crippen LogP contribution in [0, 0.1) is 0 Å². The third kappa shape index (κ3) is 6.86. The Hall–Kier alpha value is -7.56. The second-order valence-corrected chi connectivity index (χ2v) is 21.8. The highest BCUT2D eigenvalue weighted by Gasteiger charge is 2.46. The molecule has 0 saturated heterocycles. The molecule has 0 unspecified atom stereocenters. The van der Waals surface area contributed by atoms with Crippen molar-refractivity contribution in [3.8, 4) is 16.8 Å². The first-order chi connectivity index (χ1) is 33.3. The van der Waals surface area contributed by atoms with E-state index in [1.54, 1.807) is 0 Å². The minimum Gasteiger partial charge on any atom is -0.311 e. The summed E-state index contributed by atoms with van der Waals surface area (Å²) in [5.74, 6) is 0. The Kier molecular flexibility index (Phi) is 9.77. The number of benzene rings is 9. The molecule has 0 bridgehead atoms. The minimum atomic E-state index is -0.319. The van der Waals surface area contributed by atoms with Crippen molar-refractivity contribution in [2.75, 3.05) is 9.80 Å². The van der Waals surface area contributed by atoms with Crippen molar-refractivity contribution in [1.29, 1.82) is 0 Å². The van der Waals surface area contributed by atoms with E-state index in [1.807, 2.05) is 0 Å². The largest absolute Gasteiger partial charge is 0.311 e.